The second-order valence-corrected chi connectivity index (χ2v) is 4.87. The summed E-state index contributed by atoms with van der Waals surface area (Å²) in [6.07, 6.45) is 3.90. The van der Waals surface area contributed by atoms with Crippen molar-refractivity contribution in [3.63, 3.8) is 0 Å². The van der Waals surface area contributed by atoms with E-state index in [1.54, 1.807) is 0 Å². The Hall–Kier alpha value is -1.14. The van der Waals surface area contributed by atoms with E-state index in [1.165, 1.54) is 5.57 Å². The topological polar surface area (TPSA) is 24.7 Å². The number of rotatable bonds is 1. The molecule has 14 heavy (non-hydrogen) atoms. The molecule has 0 radical (unpaired) electrons. The Morgan fingerprint density at radius 3 is 2.43 bits per heavy atom. The van der Waals surface area contributed by atoms with Gasteiger partial charge in [0, 0.05) is 11.9 Å². The van der Waals surface area contributed by atoms with Crippen LogP contribution in [0.25, 0.3) is 0 Å². The van der Waals surface area contributed by atoms with E-state index in [2.05, 4.69) is 56.8 Å². The SMILES string of the molecule is CC(C)C1=NN=C=CC=C1C(C)(C)C. The molecule has 0 aromatic carbocycles. The highest BCUT2D eigenvalue weighted by Gasteiger charge is 2.23. The van der Waals surface area contributed by atoms with Gasteiger partial charge in [-0.3, -0.25) is 0 Å². The Bertz CT molecular complexity index is 332. The largest absolute Gasteiger partial charge is 0.146 e. The van der Waals surface area contributed by atoms with Gasteiger partial charge in [0.15, 0.2) is 0 Å². The smallest absolute Gasteiger partial charge is 0.0701 e. The van der Waals surface area contributed by atoms with Gasteiger partial charge in [0.05, 0.1) is 5.71 Å². The second-order valence-electron chi connectivity index (χ2n) is 4.87. The maximum absolute atomic E-state index is 4.20. The maximum atomic E-state index is 4.20. The summed E-state index contributed by atoms with van der Waals surface area (Å²) in [5.74, 6) is 3.17. The lowest BCUT2D eigenvalue weighted by Crippen LogP contribution is -2.21. The molecular formula is C12H18N2. The zero-order chi connectivity index (χ0) is 10.8. The summed E-state index contributed by atoms with van der Waals surface area (Å²) in [5.41, 5.74) is 2.43. The van der Waals surface area contributed by atoms with E-state index in [4.69, 9.17) is 0 Å². The van der Waals surface area contributed by atoms with Gasteiger partial charge in [-0.2, -0.15) is 0 Å². The molecule has 0 bridgehead atoms. The molecule has 0 aliphatic carbocycles. The van der Waals surface area contributed by atoms with Crippen molar-refractivity contribution in [2.75, 3.05) is 0 Å². The normalized spacial score (nSPS) is 16.7. The minimum atomic E-state index is 0.112. The van der Waals surface area contributed by atoms with Crippen LogP contribution in [0.3, 0.4) is 0 Å². The number of allylic oxidation sites excluding steroid dienone is 3. The first-order valence-electron chi connectivity index (χ1n) is 5.00. The molecule has 0 aromatic rings. The standard InChI is InChI=1S/C12H18N2/c1-9(2)11-10(12(3,4)5)7-6-8-13-14-11/h6-7,9H,1-5H3. The summed E-state index contributed by atoms with van der Waals surface area (Å²) in [5, 5.41) is 8.07. The fourth-order valence-electron chi connectivity index (χ4n) is 1.44. The lowest BCUT2D eigenvalue weighted by atomic mass is 9.80. The van der Waals surface area contributed by atoms with Crippen molar-refractivity contribution in [2.45, 2.75) is 34.6 Å². The van der Waals surface area contributed by atoms with Gasteiger partial charge in [0.25, 0.3) is 0 Å². The first-order chi connectivity index (χ1) is 6.43. The van der Waals surface area contributed by atoms with Crippen LogP contribution in [0.1, 0.15) is 34.6 Å². The Morgan fingerprint density at radius 1 is 1.29 bits per heavy atom. The van der Waals surface area contributed by atoms with Crippen LogP contribution in [0.5, 0.6) is 0 Å². The summed E-state index contributed by atoms with van der Waals surface area (Å²) < 4.78 is 0. The third kappa shape index (κ3) is 2.43. The lowest BCUT2D eigenvalue weighted by molar-refractivity contribution is 0.519. The zero-order valence-corrected chi connectivity index (χ0v) is 9.63. The molecule has 0 amide bonds. The van der Waals surface area contributed by atoms with E-state index < -0.39 is 0 Å². The van der Waals surface area contributed by atoms with Gasteiger partial charge in [-0.1, -0.05) is 34.6 Å². The van der Waals surface area contributed by atoms with Gasteiger partial charge in [0.1, 0.15) is 0 Å². The minimum Gasteiger partial charge on any atom is -0.146 e. The molecule has 2 nitrogen and oxygen atoms in total. The Balaban J connectivity index is 3.15. The molecular weight excluding hydrogens is 172 g/mol. The van der Waals surface area contributed by atoms with E-state index in [0.29, 0.717) is 5.92 Å². The van der Waals surface area contributed by atoms with Crippen molar-refractivity contribution in [3.05, 3.63) is 17.7 Å². The van der Waals surface area contributed by atoms with E-state index in [9.17, 15) is 0 Å². The fraction of sp³-hybridized carbons (Fsp3) is 0.583. The summed E-state index contributed by atoms with van der Waals surface area (Å²) in [6, 6.07) is 0. The van der Waals surface area contributed by atoms with Crippen molar-refractivity contribution in [1.29, 1.82) is 0 Å². The zero-order valence-electron chi connectivity index (χ0n) is 9.63. The van der Waals surface area contributed by atoms with Gasteiger partial charge in [-0.15, -0.1) is 10.2 Å². The molecule has 0 unspecified atom stereocenters. The highest BCUT2D eigenvalue weighted by Crippen LogP contribution is 2.29. The molecule has 0 saturated heterocycles. The van der Waals surface area contributed by atoms with E-state index in [0.717, 1.165) is 5.71 Å². The lowest BCUT2D eigenvalue weighted by Gasteiger charge is -2.25. The van der Waals surface area contributed by atoms with Crippen LogP contribution >= 0.6 is 0 Å². The molecule has 2 heteroatoms. The number of hydrogen-bond acceptors (Lipinski definition) is 2. The van der Waals surface area contributed by atoms with Crippen molar-refractivity contribution < 1.29 is 0 Å². The van der Waals surface area contributed by atoms with Crippen LogP contribution in [0.15, 0.2) is 27.9 Å². The van der Waals surface area contributed by atoms with Gasteiger partial charge < -0.3 is 0 Å². The van der Waals surface area contributed by atoms with Crippen LogP contribution in [0.4, 0.5) is 0 Å². The number of nitrogens with zero attached hydrogens (tertiary/aromatic N) is 2. The molecule has 1 heterocycles. The predicted molar refractivity (Wildman–Crippen MR) is 61.8 cm³/mol. The summed E-state index contributed by atoms with van der Waals surface area (Å²) in [7, 11) is 0. The van der Waals surface area contributed by atoms with E-state index >= 15 is 0 Å². The summed E-state index contributed by atoms with van der Waals surface area (Å²) in [6.45, 7) is 10.8. The van der Waals surface area contributed by atoms with Crippen molar-refractivity contribution in [1.82, 2.24) is 0 Å². The van der Waals surface area contributed by atoms with Gasteiger partial charge >= 0.3 is 0 Å². The third-order valence-corrected chi connectivity index (χ3v) is 2.17. The number of hydrogen-bond donors (Lipinski definition) is 0. The van der Waals surface area contributed by atoms with E-state index in [-0.39, 0.29) is 5.41 Å². The monoisotopic (exact) mass is 190 g/mol. The molecule has 0 saturated carbocycles. The first kappa shape index (κ1) is 10.9. The highest BCUT2D eigenvalue weighted by atomic mass is 15.2. The van der Waals surface area contributed by atoms with Gasteiger partial charge in [-0.05, 0) is 23.0 Å². The average Bonchev–Trinajstić information content (AvgIpc) is 2.26. The molecule has 0 spiro atoms. The van der Waals surface area contributed by atoms with Crippen molar-refractivity contribution in [2.24, 2.45) is 21.5 Å². The Labute approximate surface area is 86.1 Å². The second kappa shape index (κ2) is 3.93. The van der Waals surface area contributed by atoms with Crippen LogP contribution < -0.4 is 0 Å². The van der Waals surface area contributed by atoms with Crippen molar-refractivity contribution >= 4 is 11.6 Å². The summed E-state index contributed by atoms with van der Waals surface area (Å²) in [4.78, 5) is 0. The molecule has 1 rings (SSSR count). The molecule has 0 N–H and O–H groups in total. The van der Waals surface area contributed by atoms with Crippen molar-refractivity contribution in [3.8, 4) is 0 Å². The molecule has 76 valence electrons. The third-order valence-electron chi connectivity index (χ3n) is 2.17. The highest BCUT2D eigenvalue weighted by molar-refractivity contribution is 6.03. The molecule has 0 fully saturated rings. The average molecular weight is 190 g/mol. The molecule has 0 aromatic heterocycles. The van der Waals surface area contributed by atoms with Gasteiger partial charge in [-0.25, -0.2) is 0 Å². The molecule has 1 aliphatic heterocycles. The van der Waals surface area contributed by atoms with Crippen LogP contribution in [-0.2, 0) is 0 Å². The van der Waals surface area contributed by atoms with Crippen LogP contribution in [0.2, 0.25) is 0 Å². The quantitative estimate of drug-likeness (QED) is 0.606. The minimum absolute atomic E-state index is 0.112. The Kier molecular flexibility index (Phi) is 3.07. The van der Waals surface area contributed by atoms with Gasteiger partial charge in [0.2, 0.25) is 0 Å². The maximum Gasteiger partial charge on any atom is 0.0701 e. The van der Waals surface area contributed by atoms with Crippen LogP contribution in [-0.4, -0.2) is 11.6 Å². The van der Waals surface area contributed by atoms with E-state index in [1.807, 2.05) is 6.08 Å². The van der Waals surface area contributed by atoms with Crippen LogP contribution in [0, 0.1) is 11.3 Å². The molecule has 0 atom stereocenters. The molecule has 1 aliphatic rings. The fourth-order valence-corrected chi connectivity index (χ4v) is 1.44. The first-order valence-corrected chi connectivity index (χ1v) is 5.00. The summed E-state index contributed by atoms with van der Waals surface area (Å²) >= 11 is 0. The Morgan fingerprint density at radius 2 is 1.93 bits per heavy atom. The predicted octanol–water partition coefficient (Wildman–Crippen LogP) is 3.21.